The van der Waals surface area contributed by atoms with Crippen molar-refractivity contribution >= 4 is 27.0 Å². The van der Waals surface area contributed by atoms with Crippen LogP contribution in [0.25, 0.3) is 22.6 Å². The molecule has 1 heterocycles. The number of aryl methyl sites for hydroxylation is 1. The van der Waals surface area contributed by atoms with E-state index in [2.05, 4.69) is 78.1 Å². The number of fused-ring (bicyclic) bond motifs is 1. The Kier molecular flexibility index (Phi) is 3.85. The molecule has 21 heavy (non-hydrogen) atoms. The number of rotatable bonds is 3. The summed E-state index contributed by atoms with van der Waals surface area (Å²) >= 11 is 3.59. The molecule has 2 aromatic carbocycles. The number of oxazole rings is 1. The third kappa shape index (κ3) is 2.75. The fraction of sp³-hybridized carbons (Fsp3) is 0.278. The first kappa shape index (κ1) is 14.3. The average Bonchev–Trinajstić information content (AvgIpc) is 2.92. The molecule has 0 amide bonds. The SMILES string of the molecule is CCc1ccc(-c2nc3cc(C(C)C)cc(Br)c3o2)cc1. The largest absolute Gasteiger partial charge is 0.435 e. The van der Waals surface area contributed by atoms with Crippen molar-refractivity contribution < 1.29 is 4.42 Å². The smallest absolute Gasteiger partial charge is 0.227 e. The lowest BCUT2D eigenvalue weighted by molar-refractivity contribution is 0.618. The number of halogens is 1. The highest BCUT2D eigenvalue weighted by atomic mass is 79.9. The normalized spacial score (nSPS) is 11.5. The molecular weight excluding hydrogens is 326 g/mol. The molecule has 0 aliphatic heterocycles. The molecule has 0 bridgehead atoms. The molecule has 0 fully saturated rings. The second-order valence-electron chi connectivity index (χ2n) is 5.58. The van der Waals surface area contributed by atoms with E-state index in [1.54, 1.807) is 0 Å². The highest BCUT2D eigenvalue weighted by molar-refractivity contribution is 9.10. The van der Waals surface area contributed by atoms with Crippen LogP contribution in [-0.2, 0) is 6.42 Å². The molecule has 0 N–H and O–H groups in total. The van der Waals surface area contributed by atoms with Gasteiger partial charge < -0.3 is 4.42 Å². The molecule has 3 aromatic rings. The zero-order valence-electron chi connectivity index (χ0n) is 12.5. The minimum atomic E-state index is 0.467. The van der Waals surface area contributed by atoms with Gasteiger partial charge in [0.05, 0.1) is 4.47 Å². The summed E-state index contributed by atoms with van der Waals surface area (Å²) < 4.78 is 6.90. The molecule has 0 aliphatic rings. The van der Waals surface area contributed by atoms with Gasteiger partial charge in [0.15, 0.2) is 5.58 Å². The van der Waals surface area contributed by atoms with Gasteiger partial charge in [-0.25, -0.2) is 4.98 Å². The lowest BCUT2D eigenvalue weighted by Gasteiger charge is -2.04. The molecule has 0 radical (unpaired) electrons. The molecular formula is C18H18BrNO. The van der Waals surface area contributed by atoms with Crippen molar-refractivity contribution in [3.63, 3.8) is 0 Å². The van der Waals surface area contributed by atoms with Crippen LogP contribution in [0.15, 0.2) is 45.3 Å². The summed E-state index contributed by atoms with van der Waals surface area (Å²) in [6, 6.07) is 12.6. The summed E-state index contributed by atoms with van der Waals surface area (Å²) in [7, 11) is 0. The number of nitrogens with zero attached hydrogens (tertiary/aromatic N) is 1. The van der Waals surface area contributed by atoms with Crippen molar-refractivity contribution in [2.45, 2.75) is 33.1 Å². The van der Waals surface area contributed by atoms with Crippen molar-refractivity contribution in [1.82, 2.24) is 4.98 Å². The summed E-state index contributed by atoms with van der Waals surface area (Å²) in [6.07, 6.45) is 1.04. The maximum Gasteiger partial charge on any atom is 0.227 e. The van der Waals surface area contributed by atoms with Crippen molar-refractivity contribution in [3.8, 4) is 11.5 Å². The molecule has 2 nitrogen and oxygen atoms in total. The van der Waals surface area contributed by atoms with Gasteiger partial charge in [-0.2, -0.15) is 0 Å². The van der Waals surface area contributed by atoms with Crippen LogP contribution in [-0.4, -0.2) is 4.98 Å². The molecule has 0 unspecified atom stereocenters. The summed E-state index contributed by atoms with van der Waals surface area (Å²) in [5.74, 6) is 1.14. The predicted molar refractivity (Wildman–Crippen MR) is 90.6 cm³/mol. The molecule has 0 spiro atoms. The quantitative estimate of drug-likeness (QED) is 0.587. The van der Waals surface area contributed by atoms with E-state index >= 15 is 0 Å². The van der Waals surface area contributed by atoms with Gasteiger partial charge >= 0.3 is 0 Å². The second-order valence-corrected chi connectivity index (χ2v) is 6.43. The topological polar surface area (TPSA) is 26.0 Å². The number of hydrogen-bond donors (Lipinski definition) is 0. The van der Waals surface area contributed by atoms with Crippen LogP contribution in [0.2, 0.25) is 0 Å². The Labute approximate surface area is 133 Å². The number of aromatic nitrogens is 1. The van der Waals surface area contributed by atoms with E-state index in [1.165, 1.54) is 11.1 Å². The summed E-state index contributed by atoms with van der Waals surface area (Å²) in [5.41, 5.74) is 5.31. The lowest BCUT2D eigenvalue weighted by atomic mass is 10.0. The third-order valence-corrected chi connectivity index (χ3v) is 4.33. The molecule has 3 rings (SSSR count). The summed E-state index contributed by atoms with van der Waals surface area (Å²) in [6.45, 7) is 6.51. The van der Waals surface area contributed by atoms with Gasteiger partial charge in [-0.1, -0.05) is 32.9 Å². The van der Waals surface area contributed by atoms with Gasteiger partial charge in [0, 0.05) is 5.56 Å². The van der Waals surface area contributed by atoms with E-state index in [0.29, 0.717) is 11.8 Å². The first-order chi connectivity index (χ1) is 10.1. The summed E-state index contributed by atoms with van der Waals surface area (Å²) in [4.78, 5) is 4.65. The van der Waals surface area contributed by atoms with Gasteiger partial charge in [-0.3, -0.25) is 0 Å². The van der Waals surface area contributed by atoms with Crippen LogP contribution in [0.1, 0.15) is 37.8 Å². The van der Waals surface area contributed by atoms with Gasteiger partial charge in [0.25, 0.3) is 0 Å². The fourth-order valence-electron chi connectivity index (χ4n) is 2.35. The van der Waals surface area contributed by atoms with Gasteiger partial charge in [-0.15, -0.1) is 0 Å². The predicted octanol–water partition coefficient (Wildman–Crippen LogP) is 5.94. The van der Waals surface area contributed by atoms with Crippen LogP contribution < -0.4 is 0 Å². The van der Waals surface area contributed by atoms with Gasteiger partial charge in [0.1, 0.15) is 5.52 Å². The van der Waals surface area contributed by atoms with Crippen molar-refractivity contribution in [3.05, 3.63) is 52.0 Å². The lowest BCUT2D eigenvalue weighted by Crippen LogP contribution is -1.87. The van der Waals surface area contributed by atoms with Crippen molar-refractivity contribution in [2.75, 3.05) is 0 Å². The van der Waals surface area contributed by atoms with Crippen LogP contribution >= 0.6 is 15.9 Å². The van der Waals surface area contributed by atoms with E-state index in [-0.39, 0.29) is 0 Å². The van der Waals surface area contributed by atoms with Gasteiger partial charge in [0.2, 0.25) is 5.89 Å². The maximum atomic E-state index is 5.94. The molecule has 108 valence electrons. The minimum Gasteiger partial charge on any atom is -0.435 e. The van der Waals surface area contributed by atoms with E-state index in [4.69, 9.17) is 4.42 Å². The Balaban J connectivity index is 2.09. The number of hydrogen-bond acceptors (Lipinski definition) is 2. The zero-order chi connectivity index (χ0) is 15.0. The standard InChI is InChI=1S/C18H18BrNO/c1-4-12-5-7-13(8-6-12)18-20-16-10-14(11(2)3)9-15(19)17(16)21-18/h5-11H,4H2,1-3H3. The van der Waals surface area contributed by atoms with Crippen LogP contribution in [0.3, 0.4) is 0 Å². The monoisotopic (exact) mass is 343 g/mol. The third-order valence-electron chi connectivity index (χ3n) is 3.74. The first-order valence-corrected chi connectivity index (χ1v) is 8.07. The highest BCUT2D eigenvalue weighted by Gasteiger charge is 2.13. The van der Waals surface area contributed by atoms with Crippen LogP contribution in [0.4, 0.5) is 0 Å². The zero-order valence-corrected chi connectivity index (χ0v) is 14.1. The second kappa shape index (κ2) is 5.64. The Morgan fingerprint density at radius 2 is 1.86 bits per heavy atom. The van der Waals surface area contributed by atoms with E-state index in [1.807, 2.05) is 0 Å². The van der Waals surface area contributed by atoms with E-state index in [9.17, 15) is 0 Å². The fourth-order valence-corrected chi connectivity index (χ4v) is 2.90. The highest BCUT2D eigenvalue weighted by Crippen LogP contribution is 2.32. The molecule has 1 aromatic heterocycles. The molecule has 0 atom stereocenters. The van der Waals surface area contributed by atoms with Gasteiger partial charge in [-0.05, 0) is 63.7 Å². The van der Waals surface area contributed by atoms with Crippen molar-refractivity contribution in [1.29, 1.82) is 0 Å². The molecule has 0 aliphatic carbocycles. The molecule has 0 saturated heterocycles. The molecule has 3 heteroatoms. The minimum absolute atomic E-state index is 0.467. The van der Waals surface area contributed by atoms with Crippen LogP contribution in [0.5, 0.6) is 0 Å². The molecule has 0 saturated carbocycles. The van der Waals surface area contributed by atoms with Crippen LogP contribution in [0, 0.1) is 0 Å². The Morgan fingerprint density at radius 1 is 1.14 bits per heavy atom. The summed E-state index contributed by atoms with van der Waals surface area (Å²) in [5, 5.41) is 0. The number of benzene rings is 2. The Hall–Kier alpha value is -1.61. The maximum absolute atomic E-state index is 5.94. The van der Waals surface area contributed by atoms with E-state index < -0.39 is 0 Å². The Morgan fingerprint density at radius 3 is 2.48 bits per heavy atom. The Bertz CT molecular complexity index is 772. The van der Waals surface area contributed by atoms with Crippen molar-refractivity contribution in [2.24, 2.45) is 0 Å². The van der Waals surface area contributed by atoms with E-state index in [0.717, 1.165) is 27.6 Å². The first-order valence-electron chi connectivity index (χ1n) is 7.27. The average molecular weight is 344 g/mol.